The maximum Gasteiger partial charge on any atom is 0.247 e. The first-order valence-electron chi connectivity index (χ1n) is 6.59. The van der Waals surface area contributed by atoms with Gasteiger partial charge in [-0.15, -0.1) is 0 Å². The van der Waals surface area contributed by atoms with Gasteiger partial charge in [0.2, 0.25) is 5.91 Å². The van der Waals surface area contributed by atoms with E-state index in [1.54, 1.807) is 6.92 Å². The van der Waals surface area contributed by atoms with Crippen LogP contribution in [0.4, 0.5) is 0 Å². The van der Waals surface area contributed by atoms with Crippen molar-refractivity contribution in [3.8, 4) is 6.07 Å². The molecule has 106 valence electrons. The van der Waals surface area contributed by atoms with Crippen molar-refractivity contribution >= 4 is 5.91 Å². The lowest BCUT2D eigenvalue weighted by atomic mass is 9.70. The largest absolute Gasteiger partial charge is 0.334 e. The molecule has 1 aliphatic heterocycles. The average molecular weight is 263 g/mol. The Morgan fingerprint density at radius 1 is 1.26 bits per heavy atom. The monoisotopic (exact) mass is 263 g/mol. The minimum Gasteiger partial charge on any atom is -0.334 e. The smallest absolute Gasteiger partial charge is 0.247 e. The standard InChI is InChI=1S/C15H25N3O/c1-11(2)12(19)17-15(10-16)8-13(3,4)18(7)14(5,6)9-15/h1,8-9H2,2-7H3,(H,17,19). The molecule has 0 spiro atoms. The Labute approximate surface area is 116 Å². The van der Waals surface area contributed by atoms with E-state index in [0.29, 0.717) is 18.4 Å². The van der Waals surface area contributed by atoms with Crippen LogP contribution >= 0.6 is 0 Å². The molecule has 1 amide bonds. The maximum atomic E-state index is 11.9. The van der Waals surface area contributed by atoms with Crippen LogP contribution in [0.25, 0.3) is 0 Å². The summed E-state index contributed by atoms with van der Waals surface area (Å²) >= 11 is 0. The average Bonchev–Trinajstić information content (AvgIpc) is 2.24. The van der Waals surface area contributed by atoms with Gasteiger partial charge in [0.1, 0.15) is 5.54 Å². The van der Waals surface area contributed by atoms with E-state index >= 15 is 0 Å². The van der Waals surface area contributed by atoms with Crippen molar-refractivity contribution < 1.29 is 4.79 Å². The Hall–Kier alpha value is -1.34. The highest BCUT2D eigenvalue weighted by molar-refractivity contribution is 5.93. The van der Waals surface area contributed by atoms with Crippen molar-refractivity contribution in [2.45, 2.75) is 64.1 Å². The van der Waals surface area contributed by atoms with E-state index in [9.17, 15) is 10.1 Å². The Morgan fingerprint density at radius 3 is 2.00 bits per heavy atom. The fourth-order valence-corrected chi connectivity index (χ4v) is 3.12. The number of piperidine rings is 1. The first-order valence-corrected chi connectivity index (χ1v) is 6.59. The molecule has 1 fully saturated rings. The first-order chi connectivity index (χ1) is 8.46. The maximum absolute atomic E-state index is 11.9. The highest BCUT2D eigenvalue weighted by atomic mass is 16.1. The number of nitrogens with one attached hydrogen (secondary N) is 1. The Balaban J connectivity index is 3.13. The normalized spacial score (nSPS) is 24.3. The summed E-state index contributed by atoms with van der Waals surface area (Å²) in [7, 11) is 2.07. The van der Waals surface area contributed by atoms with Crippen LogP contribution in [0, 0.1) is 11.3 Å². The van der Waals surface area contributed by atoms with Gasteiger partial charge < -0.3 is 5.32 Å². The van der Waals surface area contributed by atoms with Gasteiger partial charge in [0, 0.05) is 29.5 Å². The quantitative estimate of drug-likeness (QED) is 0.777. The second-order valence-corrected chi connectivity index (χ2v) is 6.97. The molecule has 0 aliphatic carbocycles. The summed E-state index contributed by atoms with van der Waals surface area (Å²) < 4.78 is 0. The molecule has 4 heteroatoms. The number of hydrogen-bond acceptors (Lipinski definition) is 3. The van der Waals surface area contributed by atoms with Gasteiger partial charge in [0.15, 0.2) is 0 Å². The molecule has 1 aliphatic rings. The van der Waals surface area contributed by atoms with E-state index in [1.807, 2.05) is 0 Å². The number of amides is 1. The van der Waals surface area contributed by atoms with E-state index in [4.69, 9.17) is 0 Å². The zero-order chi connectivity index (χ0) is 15.1. The van der Waals surface area contributed by atoms with Crippen molar-refractivity contribution in [3.05, 3.63) is 12.2 Å². The predicted molar refractivity (Wildman–Crippen MR) is 76.5 cm³/mol. The van der Waals surface area contributed by atoms with Crippen LogP contribution in [0.2, 0.25) is 0 Å². The predicted octanol–water partition coefficient (Wildman–Crippen LogP) is 2.22. The summed E-state index contributed by atoms with van der Waals surface area (Å²) in [6.07, 6.45) is 1.21. The number of nitrogens with zero attached hydrogens (tertiary/aromatic N) is 2. The van der Waals surface area contributed by atoms with Crippen molar-refractivity contribution in [1.82, 2.24) is 10.2 Å². The van der Waals surface area contributed by atoms with Crippen molar-refractivity contribution in [2.24, 2.45) is 0 Å². The molecular formula is C15H25N3O. The van der Waals surface area contributed by atoms with Gasteiger partial charge in [0.25, 0.3) is 0 Å². The molecule has 0 aromatic carbocycles. The molecule has 0 saturated carbocycles. The molecule has 19 heavy (non-hydrogen) atoms. The van der Waals surface area contributed by atoms with Crippen LogP contribution < -0.4 is 5.32 Å². The molecule has 4 nitrogen and oxygen atoms in total. The van der Waals surface area contributed by atoms with Gasteiger partial charge in [-0.3, -0.25) is 9.69 Å². The zero-order valence-corrected chi connectivity index (χ0v) is 12.9. The molecule has 0 aromatic heterocycles. The Bertz CT molecular complexity index is 425. The van der Waals surface area contributed by atoms with Crippen molar-refractivity contribution in [2.75, 3.05) is 7.05 Å². The minimum absolute atomic E-state index is 0.153. The summed E-state index contributed by atoms with van der Waals surface area (Å²) in [6.45, 7) is 13.7. The van der Waals surface area contributed by atoms with Gasteiger partial charge in [-0.1, -0.05) is 6.58 Å². The van der Waals surface area contributed by atoms with Crippen LogP contribution in [0.15, 0.2) is 12.2 Å². The minimum atomic E-state index is -0.824. The fourth-order valence-electron chi connectivity index (χ4n) is 3.12. The molecule has 1 saturated heterocycles. The topological polar surface area (TPSA) is 56.1 Å². The molecule has 0 atom stereocenters. The van der Waals surface area contributed by atoms with E-state index in [1.165, 1.54) is 0 Å². The lowest BCUT2D eigenvalue weighted by Gasteiger charge is -2.56. The molecule has 0 radical (unpaired) electrons. The van der Waals surface area contributed by atoms with Crippen molar-refractivity contribution in [1.29, 1.82) is 5.26 Å². The van der Waals surface area contributed by atoms with Crippen LogP contribution in [-0.4, -0.2) is 34.5 Å². The van der Waals surface area contributed by atoms with Gasteiger partial charge in [-0.05, 0) is 41.7 Å². The molecule has 1 N–H and O–H groups in total. The molecule has 0 bridgehead atoms. The van der Waals surface area contributed by atoms with Crippen LogP contribution in [0.1, 0.15) is 47.5 Å². The molecular weight excluding hydrogens is 238 g/mol. The second-order valence-electron chi connectivity index (χ2n) is 6.97. The van der Waals surface area contributed by atoms with Gasteiger partial charge in [-0.25, -0.2) is 0 Å². The first kappa shape index (κ1) is 15.7. The number of carbonyl (C=O) groups excluding carboxylic acids is 1. The van der Waals surface area contributed by atoms with Crippen LogP contribution in [0.5, 0.6) is 0 Å². The molecule has 1 heterocycles. The summed E-state index contributed by atoms with van der Waals surface area (Å²) in [4.78, 5) is 14.2. The zero-order valence-electron chi connectivity index (χ0n) is 12.9. The number of nitriles is 1. The van der Waals surface area contributed by atoms with Gasteiger partial charge >= 0.3 is 0 Å². The van der Waals surface area contributed by atoms with E-state index in [-0.39, 0.29) is 17.0 Å². The summed E-state index contributed by atoms with van der Waals surface area (Å²) in [6, 6.07) is 2.34. The SMILES string of the molecule is C=C(C)C(=O)NC1(C#N)CC(C)(C)N(C)C(C)(C)C1. The van der Waals surface area contributed by atoms with Crippen LogP contribution in [0.3, 0.4) is 0 Å². The summed E-state index contributed by atoms with van der Waals surface area (Å²) in [5.74, 6) is -0.238. The highest BCUT2D eigenvalue weighted by Crippen LogP contribution is 2.42. The number of rotatable bonds is 2. The second kappa shape index (κ2) is 4.64. The van der Waals surface area contributed by atoms with Gasteiger partial charge in [-0.2, -0.15) is 5.26 Å². The molecule has 1 rings (SSSR count). The lowest BCUT2D eigenvalue weighted by Crippen LogP contribution is -2.67. The molecule has 0 unspecified atom stereocenters. The summed E-state index contributed by atoms with van der Waals surface area (Å²) in [5, 5.41) is 12.5. The summed E-state index contributed by atoms with van der Waals surface area (Å²) in [5.41, 5.74) is -0.695. The number of hydrogen-bond donors (Lipinski definition) is 1. The third-order valence-corrected chi connectivity index (χ3v) is 4.24. The molecule has 0 aromatic rings. The Kier molecular flexibility index (Phi) is 3.84. The number of likely N-dealkylation sites (tertiary alicyclic amines) is 1. The third-order valence-electron chi connectivity index (χ3n) is 4.24. The van der Waals surface area contributed by atoms with E-state index in [2.05, 4.69) is 57.6 Å². The van der Waals surface area contributed by atoms with Gasteiger partial charge in [0.05, 0.1) is 6.07 Å². The Morgan fingerprint density at radius 2 is 1.68 bits per heavy atom. The third kappa shape index (κ3) is 2.98. The lowest BCUT2D eigenvalue weighted by molar-refractivity contribution is -0.121. The number of carbonyl (C=O) groups is 1. The van der Waals surface area contributed by atoms with E-state index < -0.39 is 5.54 Å². The van der Waals surface area contributed by atoms with E-state index in [0.717, 1.165) is 0 Å². The van der Waals surface area contributed by atoms with Crippen LogP contribution in [-0.2, 0) is 4.79 Å². The fraction of sp³-hybridized carbons (Fsp3) is 0.733. The van der Waals surface area contributed by atoms with Crippen molar-refractivity contribution in [3.63, 3.8) is 0 Å². The highest BCUT2D eigenvalue weighted by Gasteiger charge is 2.51.